The van der Waals surface area contributed by atoms with E-state index in [4.69, 9.17) is 0 Å². The minimum absolute atomic E-state index is 0.470. The van der Waals surface area contributed by atoms with Crippen LogP contribution in [0.1, 0.15) is 30.7 Å². The van der Waals surface area contributed by atoms with Gasteiger partial charge in [-0.25, -0.2) is 9.97 Å². The fraction of sp³-hybridized carbons (Fsp3) is 0.350. The van der Waals surface area contributed by atoms with Gasteiger partial charge in [-0.3, -0.25) is 4.79 Å². The second-order valence-electron chi connectivity index (χ2n) is 6.59. The zero-order valence-electron chi connectivity index (χ0n) is 14.4. The van der Waals surface area contributed by atoms with Crippen LogP contribution in [0.3, 0.4) is 0 Å². The molecule has 25 heavy (non-hydrogen) atoms. The van der Waals surface area contributed by atoms with Gasteiger partial charge in [-0.2, -0.15) is 0 Å². The maximum atomic E-state index is 12.1. The molecular weight excluding hydrogens is 314 g/mol. The van der Waals surface area contributed by atoms with E-state index >= 15 is 0 Å². The average Bonchev–Trinajstić information content (AvgIpc) is 2.63. The molecule has 1 aliphatic heterocycles. The van der Waals surface area contributed by atoms with E-state index in [-0.39, 0.29) is 0 Å². The van der Waals surface area contributed by atoms with Gasteiger partial charge in [0, 0.05) is 19.3 Å². The van der Waals surface area contributed by atoms with Crippen LogP contribution >= 0.6 is 0 Å². The van der Waals surface area contributed by atoms with Gasteiger partial charge in [-0.1, -0.05) is 42.5 Å². The number of benzene rings is 1. The predicted molar refractivity (Wildman–Crippen MR) is 98.4 cm³/mol. The van der Waals surface area contributed by atoms with Crippen LogP contribution in [0.5, 0.6) is 0 Å². The molecule has 0 aliphatic carbocycles. The number of aromatic nitrogens is 2. The number of hydrogen-bond acceptors (Lipinski definition) is 4. The molecule has 1 fully saturated rings. The number of rotatable bonds is 5. The average molecular weight is 337 g/mol. The first-order chi connectivity index (χ1) is 12.1. The first-order valence-electron chi connectivity index (χ1n) is 8.59. The Bertz CT molecular complexity index is 761. The van der Waals surface area contributed by atoms with Crippen molar-refractivity contribution >= 4 is 17.9 Å². The number of carboxylic acids is 1. The lowest BCUT2D eigenvalue weighted by Gasteiger charge is -2.40. The summed E-state index contributed by atoms with van der Waals surface area (Å²) in [5.74, 6) is 0.776. The maximum absolute atomic E-state index is 12.1. The van der Waals surface area contributed by atoms with Crippen LogP contribution in [0.15, 0.2) is 48.7 Å². The van der Waals surface area contributed by atoms with Gasteiger partial charge >= 0.3 is 5.97 Å². The molecule has 1 N–H and O–H groups in total. The third-order valence-electron chi connectivity index (χ3n) is 4.73. The zero-order chi connectivity index (χ0) is 17.7. The Balaban J connectivity index is 1.77. The third kappa shape index (κ3) is 4.05. The number of nitrogens with zero attached hydrogens (tertiary/aromatic N) is 3. The molecule has 1 unspecified atom stereocenters. The minimum atomic E-state index is -0.775. The largest absolute Gasteiger partial charge is 0.481 e. The Labute approximate surface area is 148 Å². The van der Waals surface area contributed by atoms with E-state index in [1.54, 1.807) is 6.20 Å². The SMILES string of the molecule is Cc1nccc(N2CCCC(C/C=C/c3ccccc3)(C(=O)O)C2)n1. The van der Waals surface area contributed by atoms with Crippen LogP contribution in [0.4, 0.5) is 5.82 Å². The van der Waals surface area contributed by atoms with Crippen LogP contribution in [-0.2, 0) is 4.79 Å². The monoisotopic (exact) mass is 337 g/mol. The smallest absolute Gasteiger partial charge is 0.311 e. The lowest BCUT2D eigenvalue weighted by molar-refractivity contribution is -0.149. The number of piperidine rings is 1. The molecule has 1 saturated heterocycles. The van der Waals surface area contributed by atoms with Gasteiger partial charge in [-0.05, 0) is 37.8 Å². The molecule has 1 atom stereocenters. The summed E-state index contributed by atoms with van der Waals surface area (Å²) < 4.78 is 0. The van der Waals surface area contributed by atoms with Crippen molar-refractivity contribution in [1.29, 1.82) is 0 Å². The Hall–Kier alpha value is -2.69. The third-order valence-corrected chi connectivity index (χ3v) is 4.73. The number of aryl methyl sites for hydroxylation is 1. The first-order valence-corrected chi connectivity index (χ1v) is 8.59. The zero-order valence-corrected chi connectivity index (χ0v) is 14.4. The summed E-state index contributed by atoms with van der Waals surface area (Å²) in [4.78, 5) is 22.7. The quantitative estimate of drug-likeness (QED) is 0.903. The van der Waals surface area contributed by atoms with Gasteiger partial charge in [0.1, 0.15) is 11.6 Å². The number of anilines is 1. The summed E-state index contributed by atoms with van der Waals surface area (Å²) in [5, 5.41) is 9.91. The first kappa shape index (κ1) is 17.1. The van der Waals surface area contributed by atoms with Crippen molar-refractivity contribution in [2.75, 3.05) is 18.0 Å². The van der Waals surface area contributed by atoms with Crippen LogP contribution in [0.25, 0.3) is 6.08 Å². The van der Waals surface area contributed by atoms with E-state index in [1.807, 2.05) is 55.5 Å². The molecule has 0 amide bonds. The Morgan fingerprint density at radius 1 is 1.32 bits per heavy atom. The fourth-order valence-corrected chi connectivity index (χ4v) is 3.36. The molecule has 0 spiro atoms. The van der Waals surface area contributed by atoms with Gasteiger partial charge in [0.25, 0.3) is 0 Å². The second kappa shape index (κ2) is 7.47. The van der Waals surface area contributed by atoms with E-state index < -0.39 is 11.4 Å². The van der Waals surface area contributed by atoms with Crippen molar-refractivity contribution in [1.82, 2.24) is 9.97 Å². The minimum Gasteiger partial charge on any atom is -0.481 e. The lowest BCUT2D eigenvalue weighted by Crippen LogP contribution is -2.48. The van der Waals surface area contributed by atoms with E-state index in [9.17, 15) is 9.90 Å². The van der Waals surface area contributed by atoms with Crippen molar-refractivity contribution in [2.24, 2.45) is 5.41 Å². The lowest BCUT2D eigenvalue weighted by atomic mass is 9.77. The van der Waals surface area contributed by atoms with Crippen molar-refractivity contribution in [2.45, 2.75) is 26.2 Å². The standard InChI is InChI=1S/C20H23N3O2/c1-16-21-13-10-18(22-16)23-14-6-12-20(15-23,19(24)25)11-5-9-17-7-3-2-4-8-17/h2-5,7-10,13H,6,11-12,14-15H2,1H3,(H,24,25)/b9-5+. The van der Waals surface area contributed by atoms with E-state index in [0.717, 1.165) is 24.3 Å². The van der Waals surface area contributed by atoms with Crippen molar-refractivity contribution in [3.63, 3.8) is 0 Å². The van der Waals surface area contributed by atoms with E-state index in [2.05, 4.69) is 14.9 Å². The van der Waals surface area contributed by atoms with E-state index in [0.29, 0.717) is 25.2 Å². The number of carbonyl (C=O) groups is 1. The molecule has 0 radical (unpaired) electrons. The molecule has 5 heteroatoms. The summed E-state index contributed by atoms with van der Waals surface area (Å²) in [5.41, 5.74) is 0.310. The molecule has 2 heterocycles. The Morgan fingerprint density at radius 2 is 2.12 bits per heavy atom. The summed E-state index contributed by atoms with van der Waals surface area (Å²) in [6, 6.07) is 11.8. The van der Waals surface area contributed by atoms with Crippen LogP contribution in [0.2, 0.25) is 0 Å². The molecule has 5 nitrogen and oxygen atoms in total. The molecule has 130 valence electrons. The summed E-state index contributed by atoms with van der Waals surface area (Å²) in [6.45, 7) is 3.15. The van der Waals surface area contributed by atoms with Gasteiger partial charge < -0.3 is 10.0 Å². The Morgan fingerprint density at radius 3 is 2.84 bits per heavy atom. The molecule has 3 rings (SSSR count). The number of hydrogen-bond donors (Lipinski definition) is 1. The topological polar surface area (TPSA) is 66.3 Å². The molecule has 1 aromatic carbocycles. The fourth-order valence-electron chi connectivity index (χ4n) is 3.36. The van der Waals surface area contributed by atoms with Crippen molar-refractivity contribution in [3.05, 3.63) is 60.1 Å². The molecular formula is C20H23N3O2. The summed E-state index contributed by atoms with van der Waals surface area (Å²) in [7, 11) is 0. The summed E-state index contributed by atoms with van der Waals surface area (Å²) in [6.07, 6.45) is 7.75. The summed E-state index contributed by atoms with van der Waals surface area (Å²) >= 11 is 0. The molecule has 0 bridgehead atoms. The van der Waals surface area contributed by atoms with Crippen LogP contribution in [-0.4, -0.2) is 34.1 Å². The van der Waals surface area contributed by atoms with Gasteiger partial charge in [0.2, 0.25) is 0 Å². The molecule has 1 aliphatic rings. The number of aliphatic carboxylic acids is 1. The van der Waals surface area contributed by atoms with Gasteiger partial charge in [-0.15, -0.1) is 0 Å². The van der Waals surface area contributed by atoms with Crippen molar-refractivity contribution < 1.29 is 9.90 Å². The highest BCUT2D eigenvalue weighted by Crippen LogP contribution is 2.36. The highest BCUT2D eigenvalue weighted by Gasteiger charge is 2.41. The normalized spacial score (nSPS) is 20.8. The van der Waals surface area contributed by atoms with Gasteiger partial charge in [0.05, 0.1) is 5.41 Å². The van der Waals surface area contributed by atoms with E-state index in [1.165, 1.54) is 0 Å². The highest BCUT2D eigenvalue weighted by molar-refractivity contribution is 5.76. The number of carboxylic acid groups (broad SMARTS) is 1. The number of allylic oxidation sites excluding steroid dienone is 1. The maximum Gasteiger partial charge on any atom is 0.311 e. The second-order valence-corrected chi connectivity index (χ2v) is 6.59. The van der Waals surface area contributed by atoms with Gasteiger partial charge in [0.15, 0.2) is 0 Å². The molecule has 1 aromatic heterocycles. The predicted octanol–water partition coefficient (Wildman–Crippen LogP) is 3.56. The van der Waals surface area contributed by atoms with Crippen LogP contribution in [0, 0.1) is 12.3 Å². The molecule has 2 aromatic rings. The van der Waals surface area contributed by atoms with Crippen LogP contribution < -0.4 is 4.90 Å². The van der Waals surface area contributed by atoms with Crippen molar-refractivity contribution in [3.8, 4) is 0 Å². The Kier molecular flexibility index (Phi) is 5.12. The molecule has 0 saturated carbocycles. The highest BCUT2D eigenvalue weighted by atomic mass is 16.4.